The number of fused-ring (bicyclic) bond motifs is 1. The molecule has 1 atom stereocenters. The molecule has 0 saturated heterocycles. The number of hydrogen-bond acceptors (Lipinski definition) is 3. The monoisotopic (exact) mass is 427 g/mol. The second-order valence-corrected chi connectivity index (χ2v) is 8.27. The van der Waals surface area contributed by atoms with Crippen LogP contribution in [0.1, 0.15) is 45.8 Å². The van der Waals surface area contributed by atoms with Crippen molar-refractivity contribution < 1.29 is 9.53 Å². The van der Waals surface area contributed by atoms with Crippen molar-refractivity contribution in [3.8, 4) is 5.75 Å². The Hall–Kier alpha value is -3.60. The first-order valence-electron chi connectivity index (χ1n) is 10.9. The molecule has 5 heteroatoms. The zero-order valence-electron chi connectivity index (χ0n) is 19.1. The van der Waals surface area contributed by atoms with Gasteiger partial charge >= 0.3 is 0 Å². The number of hydrogen-bond donors (Lipinski definition) is 1. The van der Waals surface area contributed by atoms with Gasteiger partial charge in [-0.3, -0.25) is 4.79 Å². The van der Waals surface area contributed by atoms with E-state index in [0.717, 1.165) is 28.2 Å². The van der Waals surface area contributed by atoms with Gasteiger partial charge in [-0.2, -0.15) is 0 Å². The molecule has 32 heavy (non-hydrogen) atoms. The highest BCUT2D eigenvalue weighted by molar-refractivity contribution is 5.94. The maximum atomic E-state index is 12.8. The molecule has 1 N–H and O–H groups in total. The Morgan fingerprint density at radius 1 is 1.00 bits per heavy atom. The molecular weight excluding hydrogens is 398 g/mol. The number of ether oxygens (including phenoxy) is 1. The number of benzene rings is 3. The van der Waals surface area contributed by atoms with Gasteiger partial charge in [-0.05, 0) is 75.2 Å². The van der Waals surface area contributed by atoms with Gasteiger partial charge in [0.15, 0.2) is 0 Å². The SMILES string of the molecule is Cc1cccc(C(=O)NC(C)c2nc3ccccc3n2CCOc2ccc(C)c(C)c2)c1. The van der Waals surface area contributed by atoms with Gasteiger partial charge in [0, 0.05) is 5.56 Å². The van der Waals surface area contributed by atoms with Crippen LogP contribution < -0.4 is 10.1 Å². The lowest BCUT2D eigenvalue weighted by Gasteiger charge is -2.17. The summed E-state index contributed by atoms with van der Waals surface area (Å²) in [5.74, 6) is 1.57. The van der Waals surface area contributed by atoms with E-state index in [1.807, 2.05) is 62.4 Å². The van der Waals surface area contributed by atoms with E-state index < -0.39 is 0 Å². The van der Waals surface area contributed by atoms with Crippen LogP contribution in [0.15, 0.2) is 66.7 Å². The van der Waals surface area contributed by atoms with Gasteiger partial charge in [0.1, 0.15) is 18.2 Å². The van der Waals surface area contributed by atoms with Gasteiger partial charge in [0.05, 0.1) is 23.6 Å². The highest BCUT2D eigenvalue weighted by atomic mass is 16.5. The number of aromatic nitrogens is 2. The lowest BCUT2D eigenvalue weighted by atomic mass is 10.1. The molecule has 0 bridgehead atoms. The van der Waals surface area contributed by atoms with Crippen LogP contribution in [0.3, 0.4) is 0 Å². The predicted octanol–water partition coefficient (Wildman–Crippen LogP) is 5.53. The summed E-state index contributed by atoms with van der Waals surface area (Å²) >= 11 is 0. The van der Waals surface area contributed by atoms with Crippen LogP contribution in [0, 0.1) is 20.8 Å². The van der Waals surface area contributed by atoms with Crippen LogP contribution >= 0.6 is 0 Å². The topological polar surface area (TPSA) is 56.2 Å². The molecule has 164 valence electrons. The van der Waals surface area contributed by atoms with Crippen LogP contribution in [-0.4, -0.2) is 22.1 Å². The van der Waals surface area contributed by atoms with Crippen LogP contribution in [-0.2, 0) is 6.54 Å². The number of nitrogens with zero attached hydrogens (tertiary/aromatic N) is 2. The molecule has 0 fully saturated rings. The third-order valence-electron chi connectivity index (χ3n) is 5.76. The lowest BCUT2D eigenvalue weighted by molar-refractivity contribution is 0.0937. The van der Waals surface area contributed by atoms with Crippen LogP contribution in [0.4, 0.5) is 0 Å². The maximum Gasteiger partial charge on any atom is 0.251 e. The highest BCUT2D eigenvalue weighted by Gasteiger charge is 2.19. The molecule has 5 nitrogen and oxygen atoms in total. The second-order valence-electron chi connectivity index (χ2n) is 8.27. The Labute approximate surface area is 189 Å². The zero-order valence-corrected chi connectivity index (χ0v) is 19.1. The Kier molecular flexibility index (Phi) is 6.26. The van der Waals surface area contributed by atoms with Crippen LogP contribution in [0.2, 0.25) is 0 Å². The third-order valence-corrected chi connectivity index (χ3v) is 5.76. The van der Waals surface area contributed by atoms with Gasteiger partial charge in [0.2, 0.25) is 0 Å². The molecular formula is C27H29N3O2. The minimum Gasteiger partial charge on any atom is -0.492 e. The Morgan fingerprint density at radius 3 is 2.59 bits per heavy atom. The van der Waals surface area contributed by atoms with Gasteiger partial charge in [-0.25, -0.2) is 4.98 Å². The third kappa shape index (κ3) is 4.67. The van der Waals surface area contributed by atoms with E-state index in [-0.39, 0.29) is 11.9 Å². The summed E-state index contributed by atoms with van der Waals surface area (Å²) in [5.41, 5.74) is 6.11. The molecule has 1 aromatic heterocycles. The number of para-hydroxylation sites is 2. The van der Waals surface area contributed by atoms with Crippen molar-refractivity contribution in [2.75, 3.05) is 6.61 Å². The van der Waals surface area contributed by atoms with Gasteiger partial charge in [0.25, 0.3) is 5.91 Å². The first-order chi connectivity index (χ1) is 15.4. The first-order valence-corrected chi connectivity index (χ1v) is 10.9. The normalized spacial score (nSPS) is 12.0. The van der Waals surface area contributed by atoms with Crippen molar-refractivity contribution in [3.05, 3.63) is 94.8 Å². The minimum atomic E-state index is -0.253. The van der Waals surface area contributed by atoms with Crippen molar-refractivity contribution >= 4 is 16.9 Å². The fourth-order valence-electron chi connectivity index (χ4n) is 3.85. The molecule has 1 heterocycles. The smallest absolute Gasteiger partial charge is 0.251 e. The fourth-order valence-corrected chi connectivity index (χ4v) is 3.85. The fraction of sp³-hybridized carbons (Fsp3) is 0.259. The van der Waals surface area contributed by atoms with E-state index in [4.69, 9.17) is 9.72 Å². The predicted molar refractivity (Wildman–Crippen MR) is 128 cm³/mol. The molecule has 4 rings (SSSR count). The van der Waals surface area contributed by atoms with Crippen molar-refractivity contribution in [1.29, 1.82) is 0 Å². The number of amides is 1. The van der Waals surface area contributed by atoms with E-state index >= 15 is 0 Å². The Morgan fingerprint density at radius 2 is 1.81 bits per heavy atom. The van der Waals surface area contributed by atoms with Gasteiger partial charge < -0.3 is 14.6 Å². The number of carbonyl (C=O) groups excluding carboxylic acids is 1. The largest absolute Gasteiger partial charge is 0.492 e. The average Bonchev–Trinajstić information content (AvgIpc) is 3.15. The summed E-state index contributed by atoms with van der Waals surface area (Å²) in [6, 6.07) is 21.5. The molecule has 0 aliphatic rings. The zero-order chi connectivity index (χ0) is 22.7. The van der Waals surface area contributed by atoms with Gasteiger partial charge in [-0.1, -0.05) is 35.9 Å². The summed E-state index contributed by atoms with van der Waals surface area (Å²) in [6.07, 6.45) is 0. The number of rotatable bonds is 7. The van der Waals surface area contributed by atoms with E-state index in [0.29, 0.717) is 18.7 Å². The molecule has 3 aromatic carbocycles. The van der Waals surface area contributed by atoms with Crippen molar-refractivity contribution in [1.82, 2.24) is 14.9 Å². The van der Waals surface area contributed by atoms with Crippen molar-refractivity contribution in [3.63, 3.8) is 0 Å². The number of nitrogens with one attached hydrogen (secondary N) is 1. The summed E-state index contributed by atoms with van der Waals surface area (Å²) < 4.78 is 8.16. The second kappa shape index (κ2) is 9.27. The Balaban J connectivity index is 1.54. The van der Waals surface area contributed by atoms with Crippen LogP contribution in [0.25, 0.3) is 11.0 Å². The molecule has 0 radical (unpaired) electrons. The van der Waals surface area contributed by atoms with Gasteiger partial charge in [-0.15, -0.1) is 0 Å². The minimum absolute atomic E-state index is 0.105. The standard InChI is InChI=1S/C27H29N3O2/c1-18-8-7-9-22(16-18)27(31)28-21(4)26-29-24-10-5-6-11-25(24)30(26)14-15-32-23-13-12-19(2)20(3)17-23/h5-13,16-17,21H,14-15H2,1-4H3,(H,28,31). The number of imidazole rings is 1. The van der Waals surface area contributed by atoms with E-state index in [9.17, 15) is 4.79 Å². The maximum absolute atomic E-state index is 12.8. The summed E-state index contributed by atoms with van der Waals surface area (Å²) in [6.45, 7) is 9.27. The molecule has 0 spiro atoms. The summed E-state index contributed by atoms with van der Waals surface area (Å²) in [7, 11) is 0. The highest BCUT2D eigenvalue weighted by Crippen LogP contribution is 2.22. The lowest BCUT2D eigenvalue weighted by Crippen LogP contribution is -2.29. The number of aryl methyl sites for hydroxylation is 3. The van der Waals surface area contributed by atoms with E-state index in [1.165, 1.54) is 11.1 Å². The van der Waals surface area contributed by atoms with Crippen LogP contribution in [0.5, 0.6) is 5.75 Å². The number of carbonyl (C=O) groups is 1. The van der Waals surface area contributed by atoms with E-state index in [1.54, 1.807) is 0 Å². The quantitative estimate of drug-likeness (QED) is 0.422. The molecule has 1 unspecified atom stereocenters. The van der Waals surface area contributed by atoms with E-state index in [2.05, 4.69) is 41.9 Å². The molecule has 1 amide bonds. The molecule has 0 saturated carbocycles. The average molecular weight is 428 g/mol. The molecule has 4 aromatic rings. The molecule has 0 aliphatic heterocycles. The molecule has 0 aliphatic carbocycles. The van der Waals surface area contributed by atoms with Crippen molar-refractivity contribution in [2.24, 2.45) is 0 Å². The summed E-state index contributed by atoms with van der Waals surface area (Å²) in [5, 5.41) is 3.10. The van der Waals surface area contributed by atoms with Crippen molar-refractivity contribution in [2.45, 2.75) is 40.3 Å². The first kappa shape index (κ1) is 21.6. The summed E-state index contributed by atoms with van der Waals surface area (Å²) in [4.78, 5) is 17.6. The Bertz CT molecular complexity index is 1260.